The normalized spacial score (nSPS) is 11.8. The van der Waals surface area contributed by atoms with E-state index >= 15 is 0 Å². The molecule has 0 fully saturated rings. The number of halogens is 2. The fraction of sp³-hybridized carbons (Fsp3) is 0.125. The van der Waals surface area contributed by atoms with Crippen molar-refractivity contribution in [1.29, 1.82) is 0 Å². The maximum Gasteiger partial charge on any atom is 0.150 e. The van der Waals surface area contributed by atoms with E-state index in [1.54, 1.807) is 19.1 Å². The van der Waals surface area contributed by atoms with Gasteiger partial charge in [-0.2, -0.15) is 0 Å². The summed E-state index contributed by atoms with van der Waals surface area (Å²) in [6.45, 7) is 1.67. The summed E-state index contributed by atoms with van der Waals surface area (Å²) < 4.78 is 16.8. The van der Waals surface area contributed by atoms with E-state index in [-0.39, 0.29) is 5.02 Å². The Balaban J connectivity index is 3.26. The molecule has 0 unspecified atom stereocenters. The molecule has 0 aromatic heterocycles. The van der Waals surface area contributed by atoms with E-state index in [2.05, 4.69) is 17.2 Å². The van der Waals surface area contributed by atoms with Crippen LogP contribution < -0.4 is 0 Å². The van der Waals surface area contributed by atoms with Gasteiger partial charge in [-0.25, -0.2) is 8.79 Å². The highest BCUT2D eigenvalue weighted by Crippen LogP contribution is 2.18. The van der Waals surface area contributed by atoms with Gasteiger partial charge in [0.1, 0.15) is 0 Å². The summed E-state index contributed by atoms with van der Waals surface area (Å²) in [5.41, 5.74) is 0.899. The minimum atomic E-state index is -0.450. The molecular formula is C8H7ClFNS. The first-order valence-electron chi connectivity index (χ1n) is 3.30. The first-order chi connectivity index (χ1) is 5.66. The largest absolute Gasteiger partial charge is 0.224 e. The third-order valence-electron chi connectivity index (χ3n) is 1.49. The molecule has 64 valence electrons. The van der Waals surface area contributed by atoms with Gasteiger partial charge >= 0.3 is 0 Å². The van der Waals surface area contributed by atoms with E-state index in [9.17, 15) is 4.39 Å². The molecule has 0 N–H and O–H groups in total. The van der Waals surface area contributed by atoms with Gasteiger partial charge in [-0.05, 0) is 25.8 Å². The van der Waals surface area contributed by atoms with Crippen LogP contribution in [-0.4, -0.2) is 5.71 Å². The Bertz CT molecular complexity index is 325. The van der Waals surface area contributed by atoms with Gasteiger partial charge < -0.3 is 0 Å². The lowest BCUT2D eigenvalue weighted by Crippen LogP contribution is -1.97. The van der Waals surface area contributed by atoms with Gasteiger partial charge in [-0.3, -0.25) is 0 Å². The number of thiol groups is 1. The van der Waals surface area contributed by atoms with Gasteiger partial charge in [0.15, 0.2) is 5.82 Å². The van der Waals surface area contributed by atoms with Gasteiger partial charge in [0.2, 0.25) is 0 Å². The van der Waals surface area contributed by atoms with Crippen LogP contribution in [0.5, 0.6) is 0 Å². The van der Waals surface area contributed by atoms with Gasteiger partial charge in [-0.15, -0.1) is 0 Å². The lowest BCUT2D eigenvalue weighted by atomic mass is 10.1. The molecule has 1 aromatic rings. The van der Waals surface area contributed by atoms with Crippen molar-refractivity contribution in [2.24, 2.45) is 4.40 Å². The van der Waals surface area contributed by atoms with E-state index in [0.29, 0.717) is 11.3 Å². The summed E-state index contributed by atoms with van der Waals surface area (Å²) in [5, 5.41) is 0.101. The molecule has 0 radical (unpaired) electrons. The van der Waals surface area contributed by atoms with Crippen LogP contribution in [0.15, 0.2) is 22.6 Å². The minimum absolute atomic E-state index is 0.101. The van der Waals surface area contributed by atoms with E-state index in [0.717, 1.165) is 0 Å². The van der Waals surface area contributed by atoms with E-state index < -0.39 is 5.82 Å². The summed E-state index contributed by atoms with van der Waals surface area (Å²) in [7, 11) is 0. The highest BCUT2D eigenvalue weighted by atomic mass is 35.5. The summed E-state index contributed by atoms with van der Waals surface area (Å²) in [6, 6.07) is 4.77. The monoisotopic (exact) mass is 203 g/mol. The molecule has 0 aliphatic heterocycles. The van der Waals surface area contributed by atoms with Crippen molar-refractivity contribution in [2.75, 3.05) is 0 Å². The van der Waals surface area contributed by atoms with Crippen LogP contribution in [0.1, 0.15) is 12.5 Å². The van der Waals surface area contributed by atoms with Crippen LogP contribution >= 0.6 is 24.4 Å². The molecule has 1 aromatic carbocycles. The topological polar surface area (TPSA) is 12.4 Å². The Morgan fingerprint density at radius 1 is 1.58 bits per heavy atom. The van der Waals surface area contributed by atoms with Crippen molar-refractivity contribution >= 4 is 30.1 Å². The fourth-order valence-electron chi connectivity index (χ4n) is 0.837. The molecular weight excluding hydrogens is 197 g/mol. The first-order valence-corrected chi connectivity index (χ1v) is 4.07. The predicted molar refractivity (Wildman–Crippen MR) is 52.6 cm³/mol. The number of hydrogen-bond acceptors (Lipinski definition) is 2. The van der Waals surface area contributed by atoms with Crippen LogP contribution in [0.4, 0.5) is 4.39 Å². The molecule has 1 nitrogen and oxygen atoms in total. The SMILES string of the molecule is CC(=NS)c1cccc(Cl)c1F. The first kappa shape index (κ1) is 9.55. The third kappa shape index (κ3) is 1.79. The Kier molecular flexibility index (Phi) is 3.12. The summed E-state index contributed by atoms with van der Waals surface area (Å²) in [5.74, 6) is -0.450. The van der Waals surface area contributed by atoms with Crippen molar-refractivity contribution in [2.45, 2.75) is 6.92 Å². The summed E-state index contributed by atoms with van der Waals surface area (Å²) in [6.07, 6.45) is 0. The zero-order valence-electron chi connectivity index (χ0n) is 6.38. The predicted octanol–water partition coefficient (Wildman–Crippen LogP) is 3.13. The standard InChI is InChI=1S/C8H7ClFNS/c1-5(11-12)6-3-2-4-7(9)8(6)10/h2-4,12H,1H3. The maximum atomic E-state index is 13.2. The quantitative estimate of drug-likeness (QED) is 0.532. The van der Waals surface area contributed by atoms with Crippen LogP contribution in [-0.2, 0) is 0 Å². The molecule has 0 spiro atoms. The molecule has 0 aliphatic carbocycles. The van der Waals surface area contributed by atoms with Crippen molar-refractivity contribution in [1.82, 2.24) is 0 Å². The Morgan fingerprint density at radius 2 is 2.25 bits per heavy atom. The molecule has 0 saturated heterocycles. The van der Waals surface area contributed by atoms with Crippen molar-refractivity contribution in [3.8, 4) is 0 Å². The number of nitrogens with zero attached hydrogens (tertiary/aromatic N) is 1. The number of benzene rings is 1. The second-order valence-corrected chi connectivity index (χ2v) is 2.89. The van der Waals surface area contributed by atoms with E-state index in [1.165, 1.54) is 6.07 Å². The second kappa shape index (κ2) is 3.92. The lowest BCUT2D eigenvalue weighted by Gasteiger charge is -2.01. The summed E-state index contributed by atoms with van der Waals surface area (Å²) in [4.78, 5) is 0. The molecule has 0 saturated carbocycles. The molecule has 12 heavy (non-hydrogen) atoms. The fourth-order valence-corrected chi connectivity index (χ4v) is 1.12. The minimum Gasteiger partial charge on any atom is -0.224 e. The zero-order chi connectivity index (χ0) is 9.14. The molecule has 1 rings (SSSR count). The lowest BCUT2D eigenvalue weighted by molar-refractivity contribution is 0.625. The average molecular weight is 204 g/mol. The highest BCUT2D eigenvalue weighted by Gasteiger charge is 2.07. The smallest absolute Gasteiger partial charge is 0.150 e. The molecule has 0 atom stereocenters. The zero-order valence-corrected chi connectivity index (χ0v) is 8.03. The highest BCUT2D eigenvalue weighted by molar-refractivity contribution is 7.79. The molecule has 0 amide bonds. The van der Waals surface area contributed by atoms with Crippen LogP contribution in [0.25, 0.3) is 0 Å². The third-order valence-corrected chi connectivity index (χ3v) is 2.08. The number of hydrogen-bond donors (Lipinski definition) is 1. The molecule has 0 aliphatic rings. The van der Waals surface area contributed by atoms with Gasteiger partial charge in [-0.1, -0.05) is 23.7 Å². The van der Waals surface area contributed by atoms with Crippen LogP contribution in [0.3, 0.4) is 0 Å². The van der Waals surface area contributed by atoms with Crippen molar-refractivity contribution in [3.63, 3.8) is 0 Å². The molecule has 0 heterocycles. The Labute approximate surface area is 80.8 Å². The molecule has 4 heteroatoms. The average Bonchev–Trinajstić information content (AvgIpc) is 2.08. The number of rotatable bonds is 1. The van der Waals surface area contributed by atoms with E-state index in [4.69, 9.17) is 11.6 Å². The maximum absolute atomic E-state index is 13.2. The van der Waals surface area contributed by atoms with Crippen LogP contribution in [0, 0.1) is 5.82 Å². The second-order valence-electron chi connectivity index (χ2n) is 2.29. The van der Waals surface area contributed by atoms with Gasteiger partial charge in [0, 0.05) is 5.56 Å². The van der Waals surface area contributed by atoms with Crippen molar-refractivity contribution < 1.29 is 4.39 Å². The van der Waals surface area contributed by atoms with Crippen molar-refractivity contribution in [3.05, 3.63) is 34.6 Å². The van der Waals surface area contributed by atoms with Gasteiger partial charge in [0.05, 0.1) is 10.7 Å². The molecule has 0 bridgehead atoms. The van der Waals surface area contributed by atoms with Gasteiger partial charge in [0.25, 0.3) is 0 Å². The Hall–Kier alpha value is -0.540. The summed E-state index contributed by atoms with van der Waals surface area (Å²) >= 11 is 9.25. The Morgan fingerprint density at radius 3 is 2.83 bits per heavy atom. The van der Waals surface area contributed by atoms with E-state index in [1.807, 2.05) is 0 Å². The van der Waals surface area contributed by atoms with Crippen LogP contribution in [0.2, 0.25) is 5.02 Å².